The van der Waals surface area contributed by atoms with Gasteiger partial charge in [0.05, 0.1) is 24.2 Å². The molecule has 0 unspecified atom stereocenters. The Bertz CT molecular complexity index is 1140. The van der Waals surface area contributed by atoms with Crippen molar-refractivity contribution in [2.75, 3.05) is 24.3 Å². The number of amides is 2. The van der Waals surface area contributed by atoms with Gasteiger partial charge in [0.25, 0.3) is 11.8 Å². The quantitative estimate of drug-likeness (QED) is 0.580. The van der Waals surface area contributed by atoms with Gasteiger partial charge in [0, 0.05) is 17.9 Å². The van der Waals surface area contributed by atoms with Crippen LogP contribution in [0.25, 0.3) is 0 Å². The standard InChI is InChI=1S/C24H22N2O3S2/c1-16-5-7-17(8-6-16)15-25-20-10-9-18(29-2)14-19(20)24(23(25)28)26(11-13-31-24)22(27)21-4-3-12-30-21/h3-10,12,14H,11,13,15H2,1-2H3/t24-/m1/s1. The molecule has 1 aromatic heterocycles. The molecule has 5 rings (SSSR count). The van der Waals surface area contributed by atoms with Gasteiger partial charge < -0.3 is 14.5 Å². The second-order valence-corrected chi connectivity index (χ2v) is 9.92. The maximum absolute atomic E-state index is 14.0. The molecule has 0 radical (unpaired) electrons. The topological polar surface area (TPSA) is 49.9 Å². The highest BCUT2D eigenvalue weighted by Crippen LogP contribution is 2.55. The summed E-state index contributed by atoms with van der Waals surface area (Å²) in [5.41, 5.74) is 3.90. The minimum Gasteiger partial charge on any atom is -0.497 e. The summed E-state index contributed by atoms with van der Waals surface area (Å²) in [6.07, 6.45) is 0. The molecule has 1 fully saturated rings. The average Bonchev–Trinajstić information content (AvgIpc) is 3.52. The number of hydrogen-bond acceptors (Lipinski definition) is 5. The summed E-state index contributed by atoms with van der Waals surface area (Å²) in [5.74, 6) is 1.22. The fourth-order valence-electron chi connectivity index (χ4n) is 4.29. The van der Waals surface area contributed by atoms with E-state index >= 15 is 0 Å². The molecule has 2 aromatic carbocycles. The molecule has 0 saturated carbocycles. The first-order chi connectivity index (χ1) is 15.0. The van der Waals surface area contributed by atoms with E-state index in [1.165, 1.54) is 28.7 Å². The maximum Gasteiger partial charge on any atom is 0.268 e. The van der Waals surface area contributed by atoms with Gasteiger partial charge in [-0.2, -0.15) is 0 Å². The number of carbonyl (C=O) groups is 2. The second kappa shape index (κ2) is 7.73. The number of rotatable bonds is 4. The van der Waals surface area contributed by atoms with Crippen LogP contribution >= 0.6 is 23.1 Å². The van der Waals surface area contributed by atoms with Gasteiger partial charge in [-0.25, -0.2) is 0 Å². The maximum atomic E-state index is 14.0. The van der Waals surface area contributed by atoms with E-state index < -0.39 is 4.87 Å². The molecular formula is C24H22N2O3S2. The molecule has 2 amide bonds. The van der Waals surface area contributed by atoms with Crippen LogP contribution in [-0.2, 0) is 16.2 Å². The summed E-state index contributed by atoms with van der Waals surface area (Å²) in [4.78, 5) is 30.6. The van der Waals surface area contributed by atoms with Crippen molar-refractivity contribution in [1.82, 2.24) is 4.90 Å². The smallest absolute Gasteiger partial charge is 0.268 e. The molecule has 158 valence electrons. The van der Waals surface area contributed by atoms with Crippen molar-refractivity contribution < 1.29 is 14.3 Å². The van der Waals surface area contributed by atoms with Gasteiger partial charge in [0.2, 0.25) is 0 Å². The SMILES string of the molecule is COc1ccc2c(c1)[C@@]1(SCCN1C(=O)c1cccs1)C(=O)N2Cc1ccc(C)cc1. The van der Waals surface area contributed by atoms with Crippen molar-refractivity contribution in [3.63, 3.8) is 0 Å². The van der Waals surface area contributed by atoms with E-state index in [-0.39, 0.29) is 11.8 Å². The molecule has 0 bridgehead atoms. The van der Waals surface area contributed by atoms with Crippen LogP contribution in [-0.4, -0.2) is 36.1 Å². The zero-order valence-corrected chi connectivity index (χ0v) is 19.0. The minimum atomic E-state index is -1.06. The third-order valence-corrected chi connectivity index (χ3v) is 8.12. The Labute approximate surface area is 189 Å². The summed E-state index contributed by atoms with van der Waals surface area (Å²) in [5, 5.41) is 1.89. The number of hydrogen-bond donors (Lipinski definition) is 0. The Kier molecular flexibility index (Phi) is 5.02. The predicted molar refractivity (Wildman–Crippen MR) is 125 cm³/mol. The predicted octanol–water partition coefficient (Wildman–Crippen LogP) is 4.65. The zero-order valence-electron chi connectivity index (χ0n) is 17.3. The first-order valence-electron chi connectivity index (χ1n) is 10.1. The lowest BCUT2D eigenvalue weighted by atomic mass is 10.0. The van der Waals surface area contributed by atoms with E-state index in [1.54, 1.807) is 12.0 Å². The second-order valence-electron chi connectivity index (χ2n) is 7.69. The molecule has 3 heterocycles. The Morgan fingerprint density at radius 1 is 1.16 bits per heavy atom. The van der Waals surface area contributed by atoms with Crippen LogP contribution in [0.3, 0.4) is 0 Å². The average molecular weight is 451 g/mol. The molecule has 31 heavy (non-hydrogen) atoms. The lowest BCUT2D eigenvalue weighted by Crippen LogP contribution is -2.50. The van der Waals surface area contributed by atoms with E-state index in [1.807, 2.05) is 59.7 Å². The molecule has 1 spiro atoms. The van der Waals surface area contributed by atoms with E-state index in [0.717, 1.165) is 16.8 Å². The van der Waals surface area contributed by atoms with Crippen molar-refractivity contribution >= 4 is 40.6 Å². The Morgan fingerprint density at radius 3 is 2.68 bits per heavy atom. The van der Waals surface area contributed by atoms with Crippen molar-refractivity contribution in [2.45, 2.75) is 18.3 Å². The van der Waals surface area contributed by atoms with E-state index in [9.17, 15) is 9.59 Å². The molecule has 5 nitrogen and oxygen atoms in total. The van der Waals surface area contributed by atoms with Crippen molar-refractivity contribution in [1.29, 1.82) is 0 Å². The largest absolute Gasteiger partial charge is 0.497 e. The lowest BCUT2D eigenvalue weighted by Gasteiger charge is -2.33. The first-order valence-corrected chi connectivity index (χ1v) is 12.0. The van der Waals surface area contributed by atoms with E-state index in [4.69, 9.17) is 4.74 Å². The van der Waals surface area contributed by atoms with Gasteiger partial charge in [-0.1, -0.05) is 35.9 Å². The summed E-state index contributed by atoms with van der Waals surface area (Å²) >= 11 is 2.94. The van der Waals surface area contributed by atoms with Crippen LogP contribution in [0.1, 0.15) is 26.4 Å². The van der Waals surface area contributed by atoms with Gasteiger partial charge in [-0.05, 0) is 42.1 Å². The van der Waals surface area contributed by atoms with Crippen LogP contribution < -0.4 is 9.64 Å². The first kappa shape index (κ1) is 20.2. The Balaban J connectivity index is 1.61. The molecule has 1 atom stereocenters. The third kappa shape index (κ3) is 3.15. The van der Waals surface area contributed by atoms with Crippen LogP contribution in [0, 0.1) is 6.92 Å². The zero-order chi connectivity index (χ0) is 21.6. The number of fused-ring (bicyclic) bond motifs is 2. The van der Waals surface area contributed by atoms with Gasteiger partial charge in [0.1, 0.15) is 5.75 Å². The molecule has 2 aliphatic heterocycles. The molecule has 3 aromatic rings. The highest BCUT2D eigenvalue weighted by molar-refractivity contribution is 8.01. The van der Waals surface area contributed by atoms with Gasteiger partial charge in [-0.15, -0.1) is 23.1 Å². The van der Waals surface area contributed by atoms with Crippen LogP contribution in [0.15, 0.2) is 60.0 Å². The minimum absolute atomic E-state index is 0.0660. The number of anilines is 1. The summed E-state index contributed by atoms with van der Waals surface area (Å²) < 4.78 is 5.47. The van der Waals surface area contributed by atoms with E-state index in [2.05, 4.69) is 12.1 Å². The van der Waals surface area contributed by atoms with E-state index in [0.29, 0.717) is 29.5 Å². The summed E-state index contributed by atoms with van der Waals surface area (Å²) in [6, 6.07) is 17.6. The van der Waals surface area contributed by atoms with Gasteiger partial charge >= 0.3 is 0 Å². The molecule has 7 heteroatoms. The normalized spacial score (nSPS) is 19.9. The molecule has 1 saturated heterocycles. The van der Waals surface area contributed by atoms with Gasteiger partial charge in [-0.3, -0.25) is 9.59 Å². The van der Waals surface area contributed by atoms with Crippen molar-refractivity contribution in [2.24, 2.45) is 0 Å². The fourth-order valence-corrected chi connectivity index (χ4v) is 6.41. The van der Waals surface area contributed by atoms with Crippen molar-refractivity contribution in [3.8, 4) is 5.75 Å². The number of aryl methyl sites for hydroxylation is 1. The highest BCUT2D eigenvalue weighted by atomic mass is 32.2. The Morgan fingerprint density at radius 2 is 1.97 bits per heavy atom. The number of thiophene rings is 1. The molecular weight excluding hydrogens is 428 g/mol. The van der Waals surface area contributed by atoms with Gasteiger partial charge in [0.15, 0.2) is 4.87 Å². The highest BCUT2D eigenvalue weighted by Gasteiger charge is 2.59. The van der Waals surface area contributed by atoms with Crippen LogP contribution in [0.5, 0.6) is 5.75 Å². The van der Waals surface area contributed by atoms with Crippen LogP contribution in [0.2, 0.25) is 0 Å². The number of ether oxygens (including phenoxy) is 1. The lowest BCUT2D eigenvalue weighted by molar-refractivity contribution is -0.123. The number of thioether (sulfide) groups is 1. The van der Waals surface area contributed by atoms with Crippen LogP contribution in [0.4, 0.5) is 5.69 Å². The molecule has 0 N–H and O–H groups in total. The number of carbonyl (C=O) groups excluding carboxylic acids is 2. The number of nitrogens with zero attached hydrogens (tertiary/aromatic N) is 2. The Hall–Kier alpha value is -2.77. The third-order valence-electron chi connectivity index (χ3n) is 5.84. The van der Waals surface area contributed by atoms with Crippen molar-refractivity contribution in [3.05, 3.63) is 81.5 Å². The number of methoxy groups -OCH3 is 1. The monoisotopic (exact) mass is 450 g/mol. The molecule has 2 aliphatic rings. The fraction of sp³-hybridized carbons (Fsp3) is 0.250. The molecule has 0 aliphatic carbocycles. The number of benzene rings is 2. The summed E-state index contributed by atoms with van der Waals surface area (Å²) in [6.45, 7) is 3.04. The summed E-state index contributed by atoms with van der Waals surface area (Å²) in [7, 11) is 1.62.